The first-order chi connectivity index (χ1) is 22.9. The van der Waals surface area contributed by atoms with Gasteiger partial charge >= 0.3 is 0 Å². The van der Waals surface area contributed by atoms with Crippen LogP contribution in [0.15, 0.2) is 48.5 Å². The maximum Gasteiger partial charge on any atom is 0.243 e. The molecule has 11 nitrogen and oxygen atoms in total. The maximum atomic E-state index is 14.1. The van der Waals surface area contributed by atoms with Gasteiger partial charge in [0.2, 0.25) is 27.7 Å². The summed E-state index contributed by atoms with van der Waals surface area (Å²) in [4.78, 5) is 44.5. The van der Waals surface area contributed by atoms with Crippen molar-refractivity contribution in [2.45, 2.75) is 76.9 Å². The summed E-state index contributed by atoms with van der Waals surface area (Å²) in [5.41, 5.74) is 8.18. The molecule has 2 aliphatic rings. The van der Waals surface area contributed by atoms with Crippen molar-refractivity contribution in [1.82, 2.24) is 19.8 Å². The summed E-state index contributed by atoms with van der Waals surface area (Å²) in [6.07, 6.45) is 2.87. The van der Waals surface area contributed by atoms with Gasteiger partial charge in [-0.25, -0.2) is 13.1 Å². The van der Waals surface area contributed by atoms with Crippen LogP contribution in [0.1, 0.15) is 62.6 Å². The van der Waals surface area contributed by atoms with E-state index in [-0.39, 0.29) is 36.4 Å². The molecule has 13 heteroatoms. The van der Waals surface area contributed by atoms with E-state index in [1.807, 2.05) is 12.1 Å². The molecule has 4 N–H and O–H groups in total. The van der Waals surface area contributed by atoms with Crippen molar-refractivity contribution in [2.75, 3.05) is 33.4 Å². The van der Waals surface area contributed by atoms with Crippen LogP contribution in [0, 0.1) is 17.8 Å². The van der Waals surface area contributed by atoms with Gasteiger partial charge in [-0.2, -0.15) is 0 Å². The molecule has 4 rings (SSSR count). The number of nitrogens with one attached hydrogen (secondary N) is 2. The van der Waals surface area contributed by atoms with Gasteiger partial charge in [-0.15, -0.1) is 0 Å². The minimum absolute atomic E-state index is 0.0248. The molecule has 48 heavy (non-hydrogen) atoms. The van der Waals surface area contributed by atoms with Crippen molar-refractivity contribution < 1.29 is 27.5 Å². The first-order valence-electron chi connectivity index (χ1n) is 16.8. The van der Waals surface area contributed by atoms with Crippen LogP contribution in [0.4, 0.5) is 0 Å². The van der Waals surface area contributed by atoms with Gasteiger partial charge in [-0.3, -0.25) is 14.4 Å². The Morgan fingerprint density at radius 1 is 1.06 bits per heavy atom. The van der Waals surface area contributed by atoms with Gasteiger partial charge in [0.15, 0.2) is 0 Å². The molecule has 4 unspecified atom stereocenters. The summed E-state index contributed by atoms with van der Waals surface area (Å²) in [6.45, 7) is 6.24. The topological polar surface area (TPSA) is 151 Å². The molecule has 2 aromatic rings. The minimum atomic E-state index is -3.80. The van der Waals surface area contributed by atoms with E-state index in [4.69, 9.17) is 22.1 Å². The van der Waals surface area contributed by atoms with E-state index in [0.717, 1.165) is 24.0 Å². The third-order valence-electron chi connectivity index (χ3n) is 9.63. The van der Waals surface area contributed by atoms with E-state index < -0.39 is 33.9 Å². The Labute approximate surface area is 289 Å². The van der Waals surface area contributed by atoms with Gasteiger partial charge in [-0.05, 0) is 73.3 Å². The largest absolute Gasteiger partial charge is 0.381 e. The van der Waals surface area contributed by atoms with Crippen molar-refractivity contribution >= 4 is 39.3 Å². The standard InChI is InChI=1S/C35H50ClN5O6S/c1-24(35(44)41-15-7-10-32(41)34(43)38-21-29-18-30(36)12-11-28(29)20-37)31(19-33(42)40(3)22-26-13-16-47-17-14-26)25(2)39-48(45,46)23-27-8-5-4-6-9-27/h4-6,8-9,11-12,18,24-26,31-32,39H,7,10,13-17,19-23,37H2,1-3H3,(H,38,43). The second kappa shape index (κ2) is 17.6. The zero-order valence-corrected chi connectivity index (χ0v) is 29.8. The molecule has 0 radical (unpaired) electrons. The van der Waals surface area contributed by atoms with Crippen LogP contribution in [0.3, 0.4) is 0 Å². The molecule has 2 aliphatic heterocycles. The summed E-state index contributed by atoms with van der Waals surface area (Å²) < 4.78 is 34.7. The molecule has 264 valence electrons. The van der Waals surface area contributed by atoms with Gasteiger partial charge in [0.25, 0.3) is 0 Å². The summed E-state index contributed by atoms with van der Waals surface area (Å²) in [7, 11) is -2.05. The predicted molar refractivity (Wildman–Crippen MR) is 186 cm³/mol. The number of benzene rings is 2. The fraction of sp³-hybridized carbons (Fsp3) is 0.571. The highest BCUT2D eigenvalue weighted by atomic mass is 35.5. The molecule has 0 aromatic heterocycles. The van der Waals surface area contributed by atoms with Crippen LogP contribution in [0.2, 0.25) is 5.02 Å². The van der Waals surface area contributed by atoms with Gasteiger partial charge in [0, 0.05) is 69.8 Å². The molecule has 0 aliphatic carbocycles. The van der Waals surface area contributed by atoms with Crippen molar-refractivity contribution in [3.8, 4) is 0 Å². The first kappa shape index (κ1) is 37.8. The second-order valence-corrected chi connectivity index (χ2v) is 15.4. The Balaban J connectivity index is 1.48. The SMILES string of the molecule is CC(NS(=O)(=O)Cc1ccccc1)C(CC(=O)N(C)CC1CCOCC1)C(C)C(=O)N1CCCC1C(=O)NCc1cc(Cl)ccc1CN. The van der Waals surface area contributed by atoms with E-state index >= 15 is 0 Å². The number of nitrogens with zero attached hydrogens (tertiary/aromatic N) is 2. The van der Waals surface area contributed by atoms with E-state index in [1.54, 1.807) is 67.1 Å². The number of carbonyl (C=O) groups excluding carboxylic acids is 3. The number of rotatable bonds is 15. The monoisotopic (exact) mass is 703 g/mol. The molecule has 2 fully saturated rings. The van der Waals surface area contributed by atoms with Gasteiger partial charge < -0.3 is 25.6 Å². The smallest absolute Gasteiger partial charge is 0.243 e. The number of nitrogens with two attached hydrogens (primary N) is 1. The van der Waals surface area contributed by atoms with Crippen LogP contribution in [0.5, 0.6) is 0 Å². The summed E-state index contributed by atoms with van der Waals surface area (Å²) in [5, 5.41) is 3.49. The Bertz CT molecular complexity index is 1500. The number of hydrogen-bond donors (Lipinski definition) is 3. The Hall–Kier alpha value is -3.03. The summed E-state index contributed by atoms with van der Waals surface area (Å²) in [5.74, 6) is -2.02. The van der Waals surface area contributed by atoms with Crippen LogP contribution in [0.25, 0.3) is 0 Å². The lowest BCUT2D eigenvalue weighted by Crippen LogP contribution is -2.51. The molecule has 2 aromatic carbocycles. The lowest BCUT2D eigenvalue weighted by molar-refractivity contribution is -0.144. The molecule has 4 atom stereocenters. The maximum absolute atomic E-state index is 14.1. The Kier molecular flexibility index (Phi) is 13.8. The number of hydrogen-bond acceptors (Lipinski definition) is 7. The number of amides is 3. The van der Waals surface area contributed by atoms with E-state index in [9.17, 15) is 22.8 Å². The number of halogens is 1. The molecule has 2 heterocycles. The van der Waals surface area contributed by atoms with Crippen molar-refractivity contribution in [1.29, 1.82) is 0 Å². The van der Waals surface area contributed by atoms with Crippen molar-refractivity contribution in [3.05, 3.63) is 70.2 Å². The van der Waals surface area contributed by atoms with E-state index in [0.29, 0.717) is 62.2 Å². The zero-order chi connectivity index (χ0) is 34.8. The highest BCUT2D eigenvalue weighted by Gasteiger charge is 2.41. The first-order valence-corrected chi connectivity index (χ1v) is 18.8. The summed E-state index contributed by atoms with van der Waals surface area (Å²) in [6, 6.07) is 12.8. The lowest BCUT2D eigenvalue weighted by atomic mass is 9.84. The van der Waals surface area contributed by atoms with Gasteiger partial charge in [-0.1, -0.05) is 54.9 Å². The number of sulfonamides is 1. The van der Waals surface area contributed by atoms with Crippen LogP contribution in [-0.4, -0.2) is 81.4 Å². The predicted octanol–water partition coefficient (Wildman–Crippen LogP) is 3.44. The van der Waals surface area contributed by atoms with Crippen molar-refractivity contribution in [3.63, 3.8) is 0 Å². The number of likely N-dealkylation sites (tertiary alicyclic amines) is 1. The van der Waals surface area contributed by atoms with Gasteiger partial charge in [0.05, 0.1) is 5.75 Å². The molecule has 0 spiro atoms. The highest BCUT2D eigenvalue weighted by Crippen LogP contribution is 2.29. The normalized spacial score (nSPS) is 19.0. The van der Waals surface area contributed by atoms with E-state index in [1.165, 1.54) is 0 Å². The lowest BCUT2D eigenvalue weighted by Gasteiger charge is -2.35. The van der Waals surface area contributed by atoms with E-state index in [2.05, 4.69) is 10.0 Å². The molecular weight excluding hydrogens is 654 g/mol. The summed E-state index contributed by atoms with van der Waals surface area (Å²) >= 11 is 6.17. The molecule has 2 saturated heterocycles. The average molecular weight is 704 g/mol. The Morgan fingerprint density at radius 2 is 1.77 bits per heavy atom. The number of ether oxygens (including phenoxy) is 1. The fourth-order valence-electron chi connectivity index (χ4n) is 6.77. The quantitative estimate of drug-likeness (QED) is 0.257. The third-order valence-corrected chi connectivity index (χ3v) is 11.3. The number of carbonyl (C=O) groups is 3. The fourth-order valence-corrected chi connectivity index (χ4v) is 8.42. The second-order valence-electron chi connectivity index (χ2n) is 13.2. The van der Waals surface area contributed by atoms with Crippen molar-refractivity contribution in [2.24, 2.45) is 23.5 Å². The Morgan fingerprint density at radius 3 is 2.46 bits per heavy atom. The zero-order valence-electron chi connectivity index (χ0n) is 28.2. The van der Waals surface area contributed by atoms with Crippen LogP contribution < -0.4 is 15.8 Å². The van der Waals surface area contributed by atoms with Crippen LogP contribution in [-0.2, 0) is 48.0 Å². The molecule has 0 saturated carbocycles. The third kappa shape index (κ3) is 10.5. The molecule has 0 bridgehead atoms. The van der Waals surface area contributed by atoms with Gasteiger partial charge in [0.1, 0.15) is 6.04 Å². The minimum Gasteiger partial charge on any atom is -0.381 e. The highest BCUT2D eigenvalue weighted by molar-refractivity contribution is 7.88. The molecule has 3 amide bonds. The average Bonchev–Trinajstić information content (AvgIpc) is 3.56. The molecular formula is C35H50ClN5O6S. The van der Waals surface area contributed by atoms with Crippen LogP contribution >= 0.6 is 11.6 Å².